The fourth-order valence-corrected chi connectivity index (χ4v) is 3.02. The minimum atomic E-state index is -0.0572. The molecule has 1 aromatic carbocycles. The van der Waals surface area contributed by atoms with Gasteiger partial charge in [-0.3, -0.25) is 0 Å². The number of nitriles is 1. The molecule has 0 unspecified atom stereocenters. The Morgan fingerprint density at radius 2 is 1.95 bits per heavy atom. The highest BCUT2D eigenvalue weighted by Gasteiger charge is 2.23. The number of rotatable bonds is 5. The summed E-state index contributed by atoms with van der Waals surface area (Å²) >= 11 is 0. The van der Waals surface area contributed by atoms with Crippen LogP contribution in [0.5, 0.6) is 0 Å². The van der Waals surface area contributed by atoms with Crippen LogP contribution in [-0.4, -0.2) is 29.4 Å². The van der Waals surface area contributed by atoms with Crippen LogP contribution in [0, 0.1) is 11.3 Å². The maximum atomic E-state index is 9.33. The Kier molecular flexibility index (Phi) is 5.40. The predicted octanol–water partition coefficient (Wildman–Crippen LogP) is 2.18. The van der Waals surface area contributed by atoms with Crippen LogP contribution < -0.4 is 4.90 Å². The third kappa shape index (κ3) is 3.30. The minimum Gasteiger partial charge on any atom is -0.395 e. The Hall–Kier alpha value is -1.57. The Bertz CT molecular complexity index is 476. The Morgan fingerprint density at radius 3 is 2.55 bits per heavy atom. The van der Waals surface area contributed by atoms with Crippen LogP contribution >= 0.6 is 0 Å². The highest BCUT2D eigenvalue weighted by molar-refractivity contribution is 5.61. The van der Waals surface area contributed by atoms with Gasteiger partial charge in [0.2, 0.25) is 0 Å². The zero-order valence-electron chi connectivity index (χ0n) is 11.8. The second-order valence-electron chi connectivity index (χ2n) is 5.33. The van der Waals surface area contributed by atoms with Gasteiger partial charge in [-0.15, -0.1) is 0 Å². The second-order valence-corrected chi connectivity index (χ2v) is 5.33. The molecule has 0 radical (unpaired) electrons. The number of aliphatic hydroxyl groups excluding tert-OH is 2. The molecule has 0 heterocycles. The third-order valence-electron chi connectivity index (χ3n) is 4.03. The first-order chi connectivity index (χ1) is 9.80. The van der Waals surface area contributed by atoms with Crippen molar-refractivity contribution < 1.29 is 10.2 Å². The van der Waals surface area contributed by atoms with Crippen LogP contribution in [0.15, 0.2) is 18.2 Å². The van der Waals surface area contributed by atoms with Crippen LogP contribution in [0.4, 0.5) is 5.69 Å². The Labute approximate surface area is 120 Å². The number of hydrogen-bond donors (Lipinski definition) is 2. The smallest absolute Gasteiger partial charge is 0.101 e. The fourth-order valence-electron chi connectivity index (χ4n) is 3.02. The van der Waals surface area contributed by atoms with Crippen LogP contribution in [0.25, 0.3) is 0 Å². The first kappa shape index (κ1) is 14.8. The zero-order chi connectivity index (χ0) is 14.4. The average Bonchev–Trinajstić information content (AvgIpc) is 2.53. The van der Waals surface area contributed by atoms with Gasteiger partial charge < -0.3 is 15.1 Å². The summed E-state index contributed by atoms with van der Waals surface area (Å²) in [5.74, 6) is 0. The Balaban J connectivity index is 2.30. The maximum absolute atomic E-state index is 9.33. The van der Waals surface area contributed by atoms with E-state index in [0.29, 0.717) is 18.2 Å². The molecule has 1 fully saturated rings. The van der Waals surface area contributed by atoms with Crippen molar-refractivity contribution >= 4 is 5.69 Å². The molecule has 4 nitrogen and oxygen atoms in total. The van der Waals surface area contributed by atoms with E-state index >= 15 is 0 Å². The van der Waals surface area contributed by atoms with Gasteiger partial charge in [0.05, 0.1) is 24.5 Å². The molecule has 0 amide bonds. The summed E-state index contributed by atoms with van der Waals surface area (Å²) in [5.41, 5.74) is 2.21. The largest absolute Gasteiger partial charge is 0.395 e. The molecule has 0 spiro atoms. The highest BCUT2D eigenvalue weighted by Crippen LogP contribution is 2.29. The molecule has 1 aliphatic rings. The SMILES string of the molecule is N#Cc1cc(CO)ccc1N(CCO)C1CCCCC1. The maximum Gasteiger partial charge on any atom is 0.101 e. The van der Waals surface area contributed by atoms with E-state index in [0.717, 1.165) is 24.1 Å². The van der Waals surface area contributed by atoms with Gasteiger partial charge in [0.25, 0.3) is 0 Å². The number of nitrogens with zero attached hydrogens (tertiary/aromatic N) is 2. The van der Waals surface area contributed by atoms with Crippen molar-refractivity contribution in [2.24, 2.45) is 0 Å². The van der Waals surface area contributed by atoms with Crippen molar-refractivity contribution in [1.82, 2.24) is 0 Å². The fraction of sp³-hybridized carbons (Fsp3) is 0.562. The summed E-state index contributed by atoms with van der Waals surface area (Å²) < 4.78 is 0. The lowest BCUT2D eigenvalue weighted by atomic mass is 9.93. The van der Waals surface area contributed by atoms with Crippen molar-refractivity contribution in [2.75, 3.05) is 18.1 Å². The summed E-state index contributed by atoms with van der Waals surface area (Å²) in [6.45, 7) is 0.583. The molecular formula is C16H22N2O2. The summed E-state index contributed by atoms with van der Waals surface area (Å²) in [6, 6.07) is 8.11. The molecular weight excluding hydrogens is 252 g/mol. The van der Waals surface area contributed by atoms with E-state index < -0.39 is 0 Å². The molecule has 0 saturated heterocycles. The van der Waals surface area contributed by atoms with Gasteiger partial charge in [0, 0.05) is 12.6 Å². The molecule has 1 saturated carbocycles. The topological polar surface area (TPSA) is 67.5 Å². The second kappa shape index (κ2) is 7.28. The van der Waals surface area contributed by atoms with Gasteiger partial charge in [0.1, 0.15) is 6.07 Å². The molecule has 4 heteroatoms. The molecule has 1 aromatic rings. The van der Waals surface area contributed by atoms with Crippen LogP contribution in [0.1, 0.15) is 43.2 Å². The molecule has 108 valence electrons. The molecule has 0 aromatic heterocycles. The molecule has 0 aliphatic heterocycles. The van der Waals surface area contributed by atoms with E-state index in [9.17, 15) is 15.5 Å². The minimum absolute atomic E-state index is 0.0572. The standard InChI is InChI=1S/C16H22N2O2/c17-11-14-10-13(12-20)6-7-16(14)18(8-9-19)15-4-2-1-3-5-15/h6-7,10,15,19-20H,1-5,8-9,12H2. The number of anilines is 1. The predicted molar refractivity (Wildman–Crippen MR) is 78.4 cm³/mol. The zero-order valence-corrected chi connectivity index (χ0v) is 11.8. The van der Waals surface area contributed by atoms with Gasteiger partial charge in [-0.2, -0.15) is 5.26 Å². The summed E-state index contributed by atoms with van der Waals surface area (Å²) in [6.07, 6.45) is 5.93. The van der Waals surface area contributed by atoms with Crippen molar-refractivity contribution in [3.8, 4) is 6.07 Å². The lowest BCUT2D eigenvalue weighted by molar-refractivity contribution is 0.281. The Morgan fingerprint density at radius 1 is 1.20 bits per heavy atom. The van der Waals surface area contributed by atoms with E-state index in [1.54, 1.807) is 6.07 Å². The molecule has 0 atom stereocenters. The van der Waals surface area contributed by atoms with E-state index in [2.05, 4.69) is 11.0 Å². The lowest BCUT2D eigenvalue weighted by Crippen LogP contribution is -2.39. The first-order valence-electron chi connectivity index (χ1n) is 7.31. The van der Waals surface area contributed by atoms with Crippen molar-refractivity contribution in [1.29, 1.82) is 5.26 Å². The van der Waals surface area contributed by atoms with Crippen LogP contribution in [0.3, 0.4) is 0 Å². The van der Waals surface area contributed by atoms with Gasteiger partial charge >= 0.3 is 0 Å². The van der Waals surface area contributed by atoms with E-state index in [-0.39, 0.29) is 13.2 Å². The van der Waals surface area contributed by atoms with E-state index in [1.165, 1.54) is 19.3 Å². The summed E-state index contributed by atoms with van der Waals surface area (Å²) in [4.78, 5) is 2.17. The van der Waals surface area contributed by atoms with E-state index in [1.807, 2.05) is 12.1 Å². The number of aliphatic hydroxyl groups is 2. The normalized spacial score (nSPS) is 15.8. The summed E-state index contributed by atoms with van der Waals surface area (Å²) in [5, 5.41) is 27.8. The van der Waals surface area contributed by atoms with Gasteiger partial charge in [0.15, 0.2) is 0 Å². The van der Waals surface area contributed by atoms with Crippen LogP contribution in [-0.2, 0) is 6.61 Å². The lowest BCUT2D eigenvalue weighted by Gasteiger charge is -2.36. The van der Waals surface area contributed by atoms with E-state index in [4.69, 9.17) is 0 Å². The molecule has 1 aliphatic carbocycles. The van der Waals surface area contributed by atoms with Crippen LogP contribution in [0.2, 0.25) is 0 Å². The number of hydrogen-bond acceptors (Lipinski definition) is 4. The molecule has 20 heavy (non-hydrogen) atoms. The van der Waals surface area contributed by atoms with Gasteiger partial charge in [-0.1, -0.05) is 25.3 Å². The molecule has 2 N–H and O–H groups in total. The molecule has 0 bridgehead atoms. The highest BCUT2D eigenvalue weighted by atomic mass is 16.3. The average molecular weight is 274 g/mol. The van der Waals surface area contributed by atoms with Crippen molar-refractivity contribution in [2.45, 2.75) is 44.8 Å². The summed E-state index contributed by atoms with van der Waals surface area (Å²) in [7, 11) is 0. The van der Waals surface area contributed by atoms with Crippen molar-refractivity contribution in [3.05, 3.63) is 29.3 Å². The monoisotopic (exact) mass is 274 g/mol. The molecule has 2 rings (SSSR count). The van der Waals surface area contributed by atoms with Crippen molar-refractivity contribution in [3.63, 3.8) is 0 Å². The quantitative estimate of drug-likeness (QED) is 0.863. The van der Waals surface area contributed by atoms with Gasteiger partial charge in [-0.25, -0.2) is 0 Å². The third-order valence-corrected chi connectivity index (χ3v) is 4.03. The van der Waals surface area contributed by atoms with Gasteiger partial charge in [-0.05, 0) is 30.5 Å². The first-order valence-corrected chi connectivity index (χ1v) is 7.31. The number of benzene rings is 1.